The summed E-state index contributed by atoms with van der Waals surface area (Å²) in [5.41, 5.74) is -0.248. The first-order chi connectivity index (χ1) is 12.5. The number of hydrogen-bond acceptors (Lipinski definition) is 6. The average molecular weight is 360 g/mol. The van der Waals surface area contributed by atoms with Gasteiger partial charge in [0.05, 0.1) is 19.3 Å². The number of aliphatic hydroxyl groups is 1. The fourth-order valence-corrected chi connectivity index (χ4v) is 3.05. The van der Waals surface area contributed by atoms with Gasteiger partial charge >= 0.3 is 5.63 Å². The Morgan fingerprint density at radius 1 is 1.35 bits per heavy atom. The molecule has 1 saturated heterocycles. The Morgan fingerprint density at radius 2 is 2.15 bits per heavy atom. The molecule has 2 heterocycles. The number of likely N-dealkylation sites (N-methyl/N-ethyl adjacent to an activating group) is 1. The predicted molar refractivity (Wildman–Crippen MR) is 97.7 cm³/mol. The third-order valence-corrected chi connectivity index (χ3v) is 4.69. The molecule has 7 nitrogen and oxygen atoms in total. The minimum absolute atomic E-state index is 0.0148. The largest absolute Gasteiger partial charge is 0.493 e. The van der Waals surface area contributed by atoms with Crippen LogP contribution in [0.4, 0.5) is 0 Å². The van der Waals surface area contributed by atoms with Crippen molar-refractivity contribution in [1.29, 1.82) is 0 Å². The molecule has 1 aromatic carbocycles. The summed E-state index contributed by atoms with van der Waals surface area (Å²) in [7, 11) is 1.91. The molecule has 0 spiro atoms. The summed E-state index contributed by atoms with van der Waals surface area (Å²) in [6, 6.07) is 6.68. The molecule has 140 valence electrons. The van der Waals surface area contributed by atoms with Crippen LogP contribution in [0.5, 0.6) is 5.75 Å². The number of carbonyl (C=O) groups is 1. The van der Waals surface area contributed by atoms with Crippen molar-refractivity contribution in [1.82, 2.24) is 9.80 Å². The summed E-state index contributed by atoms with van der Waals surface area (Å²) in [6.07, 6.45) is 0.884. The van der Waals surface area contributed by atoms with Gasteiger partial charge in [0.25, 0.3) is 5.91 Å². The first-order valence-corrected chi connectivity index (χ1v) is 8.84. The molecule has 1 aromatic heterocycles. The summed E-state index contributed by atoms with van der Waals surface area (Å²) < 4.78 is 10.9. The Morgan fingerprint density at radius 3 is 2.88 bits per heavy atom. The zero-order valence-corrected chi connectivity index (χ0v) is 15.1. The summed E-state index contributed by atoms with van der Waals surface area (Å²) in [6.45, 7) is 4.10. The fourth-order valence-electron chi connectivity index (χ4n) is 3.05. The fraction of sp³-hybridized carbons (Fsp3) is 0.474. The highest BCUT2D eigenvalue weighted by atomic mass is 16.5. The minimum atomic E-state index is -0.658. The van der Waals surface area contributed by atoms with Crippen molar-refractivity contribution in [3.63, 3.8) is 0 Å². The van der Waals surface area contributed by atoms with E-state index in [1.165, 1.54) is 0 Å². The number of carbonyl (C=O) groups excluding carboxylic acids is 1. The maximum atomic E-state index is 12.8. The van der Waals surface area contributed by atoms with E-state index in [4.69, 9.17) is 9.15 Å². The molecule has 1 fully saturated rings. The monoisotopic (exact) mass is 360 g/mol. The van der Waals surface area contributed by atoms with Crippen LogP contribution >= 0.6 is 0 Å². The molecule has 0 radical (unpaired) electrons. The van der Waals surface area contributed by atoms with Gasteiger partial charge in [-0.1, -0.05) is 6.92 Å². The molecule has 0 bridgehead atoms. The lowest BCUT2D eigenvalue weighted by atomic mass is 10.1. The number of hydrogen-bond donors (Lipinski definition) is 1. The van der Waals surface area contributed by atoms with E-state index in [2.05, 4.69) is 0 Å². The minimum Gasteiger partial charge on any atom is -0.493 e. The van der Waals surface area contributed by atoms with Gasteiger partial charge in [-0.15, -0.1) is 0 Å². The van der Waals surface area contributed by atoms with Crippen molar-refractivity contribution < 1.29 is 19.1 Å². The van der Waals surface area contributed by atoms with Gasteiger partial charge in [-0.05, 0) is 31.7 Å². The quantitative estimate of drug-likeness (QED) is 0.810. The summed E-state index contributed by atoms with van der Waals surface area (Å²) in [5.74, 6) is 0.268. The van der Waals surface area contributed by atoms with E-state index in [1.54, 1.807) is 29.2 Å². The molecule has 0 saturated carbocycles. The Bertz CT molecular complexity index is 847. The van der Waals surface area contributed by atoms with E-state index in [0.29, 0.717) is 43.0 Å². The molecule has 0 aliphatic carbocycles. The molecule has 3 rings (SSSR count). The van der Waals surface area contributed by atoms with Gasteiger partial charge in [0.1, 0.15) is 16.9 Å². The third-order valence-electron chi connectivity index (χ3n) is 4.69. The summed E-state index contributed by atoms with van der Waals surface area (Å²) in [4.78, 5) is 28.7. The van der Waals surface area contributed by atoms with Crippen LogP contribution in [0.2, 0.25) is 0 Å². The van der Waals surface area contributed by atoms with E-state index >= 15 is 0 Å². The van der Waals surface area contributed by atoms with Gasteiger partial charge in [0, 0.05) is 31.1 Å². The van der Waals surface area contributed by atoms with Gasteiger partial charge in [0.2, 0.25) is 0 Å². The maximum Gasteiger partial charge on any atom is 0.349 e. The van der Waals surface area contributed by atoms with Crippen molar-refractivity contribution in [2.24, 2.45) is 0 Å². The van der Waals surface area contributed by atoms with Crippen LogP contribution in [-0.2, 0) is 0 Å². The number of nitrogens with zero attached hydrogens (tertiary/aromatic N) is 2. The molecule has 1 aliphatic rings. The second-order valence-corrected chi connectivity index (χ2v) is 6.56. The van der Waals surface area contributed by atoms with E-state index in [-0.39, 0.29) is 24.1 Å². The van der Waals surface area contributed by atoms with Crippen molar-refractivity contribution in [3.05, 3.63) is 40.2 Å². The van der Waals surface area contributed by atoms with Crippen LogP contribution < -0.4 is 10.4 Å². The lowest BCUT2D eigenvalue weighted by molar-refractivity contribution is 0.0418. The molecular formula is C19H24N2O5. The molecule has 1 aliphatic heterocycles. The number of piperazine rings is 1. The first-order valence-electron chi connectivity index (χ1n) is 8.84. The van der Waals surface area contributed by atoms with E-state index < -0.39 is 5.63 Å². The molecule has 2 aromatic rings. The number of fused-ring (bicyclic) bond motifs is 1. The molecule has 1 unspecified atom stereocenters. The highest BCUT2D eigenvalue weighted by molar-refractivity contribution is 5.96. The van der Waals surface area contributed by atoms with Crippen molar-refractivity contribution in [3.8, 4) is 5.75 Å². The molecule has 1 atom stereocenters. The zero-order valence-electron chi connectivity index (χ0n) is 15.1. The molecule has 26 heavy (non-hydrogen) atoms. The highest BCUT2D eigenvalue weighted by Crippen LogP contribution is 2.21. The highest BCUT2D eigenvalue weighted by Gasteiger charge is 2.29. The van der Waals surface area contributed by atoms with Crippen LogP contribution in [0.25, 0.3) is 11.0 Å². The lowest BCUT2D eigenvalue weighted by Gasteiger charge is -2.38. The van der Waals surface area contributed by atoms with Crippen molar-refractivity contribution in [2.75, 3.05) is 39.9 Å². The molecule has 1 N–H and O–H groups in total. The van der Waals surface area contributed by atoms with E-state index in [0.717, 1.165) is 6.42 Å². The van der Waals surface area contributed by atoms with E-state index in [9.17, 15) is 14.7 Å². The normalized spacial score (nSPS) is 18.3. The van der Waals surface area contributed by atoms with Crippen LogP contribution in [0, 0.1) is 0 Å². The topological polar surface area (TPSA) is 83.2 Å². The zero-order chi connectivity index (χ0) is 18.7. The van der Waals surface area contributed by atoms with Crippen molar-refractivity contribution in [2.45, 2.75) is 19.4 Å². The number of benzene rings is 1. The molecule has 1 amide bonds. The number of rotatable bonds is 5. The number of ether oxygens (including phenoxy) is 1. The van der Waals surface area contributed by atoms with Gasteiger partial charge < -0.3 is 19.2 Å². The van der Waals surface area contributed by atoms with Crippen LogP contribution in [0.15, 0.2) is 33.5 Å². The number of aliphatic hydroxyl groups excluding tert-OH is 1. The standard InChI is InChI=1S/C19H24N2O5/c1-3-8-25-15-5-4-13-9-16(19(24)26-17(13)10-15)18(23)21-7-6-20(2)14(11-21)12-22/h4-5,9-10,14,22H,3,6-8,11-12H2,1-2H3. The second-order valence-electron chi connectivity index (χ2n) is 6.56. The summed E-state index contributed by atoms with van der Waals surface area (Å²) >= 11 is 0. The molecule has 7 heteroatoms. The maximum absolute atomic E-state index is 12.8. The van der Waals surface area contributed by atoms with Gasteiger partial charge in [-0.2, -0.15) is 0 Å². The predicted octanol–water partition coefficient (Wildman–Crippen LogP) is 1.33. The van der Waals surface area contributed by atoms with Crippen molar-refractivity contribution >= 4 is 16.9 Å². The Hall–Kier alpha value is -2.38. The molecular weight excluding hydrogens is 336 g/mol. The lowest BCUT2D eigenvalue weighted by Crippen LogP contribution is -2.55. The van der Waals surface area contributed by atoms with Crippen LogP contribution in [0.1, 0.15) is 23.7 Å². The van der Waals surface area contributed by atoms with E-state index in [1.807, 2.05) is 18.9 Å². The average Bonchev–Trinajstić information content (AvgIpc) is 2.65. The Labute approximate surface area is 151 Å². The Balaban J connectivity index is 1.86. The van der Waals surface area contributed by atoms with Gasteiger partial charge in [-0.25, -0.2) is 4.79 Å². The number of amides is 1. The van der Waals surface area contributed by atoms with Gasteiger partial charge in [-0.3, -0.25) is 9.69 Å². The SMILES string of the molecule is CCCOc1ccc2cc(C(=O)N3CCN(C)C(CO)C3)c(=O)oc2c1. The van der Waals surface area contributed by atoms with Crippen LogP contribution in [-0.4, -0.2) is 66.8 Å². The van der Waals surface area contributed by atoms with Gasteiger partial charge in [0.15, 0.2) is 0 Å². The second kappa shape index (κ2) is 7.88. The summed E-state index contributed by atoms with van der Waals surface area (Å²) in [5, 5.41) is 10.1. The Kier molecular flexibility index (Phi) is 5.58. The van der Waals surface area contributed by atoms with Crippen LogP contribution in [0.3, 0.4) is 0 Å². The smallest absolute Gasteiger partial charge is 0.349 e. The first kappa shape index (κ1) is 18.4. The third kappa shape index (κ3) is 3.73.